The second-order valence-corrected chi connectivity index (χ2v) is 6.33. The van der Waals surface area contributed by atoms with Gasteiger partial charge in [0.1, 0.15) is 0 Å². The van der Waals surface area contributed by atoms with Gasteiger partial charge in [0.05, 0.1) is 0 Å². The fourth-order valence-electron chi connectivity index (χ4n) is 3.77. The third kappa shape index (κ3) is 1.60. The summed E-state index contributed by atoms with van der Waals surface area (Å²) in [5, 5.41) is 0. The summed E-state index contributed by atoms with van der Waals surface area (Å²) in [6.07, 6.45) is 3.77. The molecule has 96 valence electrons. The molecular weight excluding hydrogens is 242 g/mol. The molecule has 1 saturated heterocycles. The Bertz CT molecular complexity index is 513. The summed E-state index contributed by atoms with van der Waals surface area (Å²) in [6.45, 7) is 2.32. The van der Waals surface area contributed by atoms with E-state index in [4.69, 9.17) is 0 Å². The molecular formula is C15H19NOS. The number of fused-ring (bicyclic) bond motifs is 3. The summed E-state index contributed by atoms with van der Waals surface area (Å²) >= 11 is 4.43. The third-order valence-electron chi connectivity index (χ3n) is 4.85. The molecule has 1 fully saturated rings. The zero-order chi connectivity index (χ0) is 12.9. The Morgan fingerprint density at radius 3 is 2.94 bits per heavy atom. The molecule has 3 rings (SSSR count). The van der Waals surface area contributed by atoms with Crippen LogP contribution in [0.5, 0.6) is 0 Å². The van der Waals surface area contributed by atoms with Gasteiger partial charge in [0.25, 0.3) is 0 Å². The van der Waals surface area contributed by atoms with E-state index in [1.807, 2.05) is 11.9 Å². The van der Waals surface area contributed by atoms with Crippen LogP contribution in [0.4, 0.5) is 0 Å². The van der Waals surface area contributed by atoms with Crippen molar-refractivity contribution in [2.75, 3.05) is 7.05 Å². The van der Waals surface area contributed by atoms with Crippen LogP contribution in [0.25, 0.3) is 0 Å². The summed E-state index contributed by atoms with van der Waals surface area (Å²) in [6, 6.07) is 6.84. The normalized spacial score (nSPS) is 30.9. The molecule has 0 saturated carbocycles. The minimum absolute atomic E-state index is 0.123. The van der Waals surface area contributed by atoms with Gasteiger partial charge in [0, 0.05) is 29.8 Å². The van der Waals surface area contributed by atoms with Crippen molar-refractivity contribution in [2.24, 2.45) is 0 Å². The largest absolute Gasteiger partial charge is 0.342 e. The number of hydrogen-bond donors (Lipinski definition) is 1. The second kappa shape index (κ2) is 4.02. The van der Waals surface area contributed by atoms with Crippen LogP contribution in [0.1, 0.15) is 37.3 Å². The van der Waals surface area contributed by atoms with Crippen LogP contribution < -0.4 is 0 Å². The third-order valence-corrected chi connectivity index (χ3v) is 5.12. The van der Waals surface area contributed by atoms with Gasteiger partial charge in [0.15, 0.2) is 0 Å². The maximum atomic E-state index is 11.9. The minimum atomic E-state index is 0.123. The number of carbonyl (C=O) groups is 1. The van der Waals surface area contributed by atoms with Crippen molar-refractivity contribution < 1.29 is 4.79 Å². The molecule has 1 heterocycles. The first-order chi connectivity index (χ1) is 8.52. The lowest BCUT2D eigenvalue weighted by atomic mass is 9.63. The van der Waals surface area contributed by atoms with Crippen LogP contribution in [0.2, 0.25) is 0 Å². The van der Waals surface area contributed by atoms with Gasteiger partial charge >= 0.3 is 0 Å². The number of rotatable bonds is 0. The van der Waals surface area contributed by atoms with E-state index in [2.05, 4.69) is 37.8 Å². The van der Waals surface area contributed by atoms with Crippen molar-refractivity contribution in [1.82, 2.24) is 4.90 Å². The lowest BCUT2D eigenvalue weighted by molar-refractivity contribution is -0.138. The Hall–Kier alpha value is -0.960. The molecule has 1 aromatic rings. The maximum Gasteiger partial charge on any atom is 0.222 e. The summed E-state index contributed by atoms with van der Waals surface area (Å²) in [5.74, 6) is 0.298. The first-order valence-corrected chi connectivity index (χ1v) is 7.05. The highest BCUT2D eigenvalue weighted by Gasteiger charge is 2.46. The van der Waals surface area contributed by atoms with Crippen LogP contribution in [-0.4, -0.2) is 23.9 Å². The van der Waals surface area contributed by atoms with Crippen molar-refractivity contribution in [3.05, 3.63) is 29.3 Å². The number of amides is 1. The van der Waals surface area contributed by atoms with Crippen LogP contribution in [0.3, 0.4) is 0 Å². The highest BCUT2D eigenvalue weighted by atomic mass is 32.1. The molecule has 0 N–H and O–H groups in total. The summed E-state index contributed by atoms with van der Waals surface area (Å²) < 4.78 is 0. The van der Waals surface area contributed by atoms with Crippen molar-refractivity contribution in [3.8, 4) is 0 Å². The highest BCUT2D eigenvalue weighted by molar-refractivity contribution is 7.80. The first-order valence-electron chi connectivity index (χ1n) is 6.60. The number of hydrogen-bond acceptors (Lipinski definition) is 2. The number of carbonyl (C=O) groups excluding carboxylic acids is 1. The fourth-order valence-corrected chi connectivity index (χ4v) is 4.00. The number of likely N-dealkylation sites (tertiary alicyclic amines) is 1. The number of thiol groups is 1. The monoisotopic (exact) mass is 261 g/mol. The van der Waals surface area contributed by atoms with Gasteiger partial charge in [-0.25, -0.2) is 0 Å². The maximum absolute atomic E-state index is 11.9. The Balaban J connectivity index is 2.09. The fraction of sp³-hybridized carbons (Fsp3) is 0.533. The smallest absolute Gasteiger partial charge is 0.222 e. The van der Waals surface area contributed by atoms with E-state index in [-0.39, 0.29) is 5.41 Å². The standard InChI is InChI=1S/C15H19NOS/c1-15-8-7-14(17)16(2)13(15)6-3-10-9-11(18)4-5-12(10)15/h4-5,9,13,18H,3,6-8H2,1-2H3. The molecule has 1 aliphatic heterocycles. The van der Waals surface area contributed by atoms with E-state index < -0.39 is 0 Å². The molecule has 0 radical (unpaired) electrons. The van der Waals surface area contributed by atoms with E-state index in [9.17, 15) is 4.79 Å². The van der Waals surface area contributed by atoms with Gasteiger partial charge in [-0.2, -0.15) is 0 Å². The predicted molar refractivity (Wildman–Crippen MR) is 75.2 cm³/mol. The zero-order valence-corrected chi connectivity index (χ0v) is 11.8. The Labute approximate surface area is 114 Å². The molecule has 2 aliphatic rings. The average Bonchev–Trinajstić information content (AvgIpc) is 2.34. The number of benzene rings is 1. The second-order valence-electron chi connectivity index (χ2n) is 5.82. The topological polar surface area (TPSA) is 20.3 Å². The Morgan fingerprint density at radius 1 is 1.39 bits per heavy atom. The van der Waals surface area contributed by atoms with E-state index in [1.165, 1.54) is 11.1 Å². The van der Waals surface area contributed by atoms with Crippen molar-refractivity contribution in [1.29, 1.82) is 0 Å². The molecule has 2 nitrogen and oxygen atoms in total. The molecule has 1 aromatic carbocycles. The van der Waals surface area contributed by atoms with Crippen LogP contribution in [0.15, 0.2) is 23.1 Å². The van der Waals surface area contributed by atoms with Crippen molar-refractivity contribution >= 4 is 18.5 Å². The lowest BCUT2D eigenvalue weighted by Gasteiger charge is -2.50. The number of likely N-dealkylation sites (N-methyl/N-ethyl adjacent to an activating group) is 1. The molecule has 1 amide bonds. The van der Waals surface area contributed by atoms with E-state index in [1.54, 1.807) is 0 Å². The van der Waals surface area contributed by atoms with Crippen molar-refractivity contribution in [2.45, 2.75) is 49.0 Å². The van der Waals surface area contributed by atoms with E-state index in [0.717, 1.165) is 24.2 Å². The van der Waals surface area contributed by atoms with Gasteiger partial charge in [-0.05, 0) is 42.5 Å². The molecule has 0 aromatic heterocycles. The van der Waals surface area contributed by atoms with E-state index >= 15 is 0 Å². The molecule has 3 heteroatoms. The molecule has 0 bridgehead atoms. The lowest BCUT2D eigenvalue weighted by Crippen LogP contribution is -2.56. The Kier molecular flexibility index (Phi) is 2.70. The summed E-state index contributed by atoms with van der Waals surface area (Å²) in [4.78, 5) is 14.9. The Morgan fingerprint density at radius 2 is 2.17 bits per heavy atom. The quantitative estimate of drug-likeness (QED) is 0.712. The van der Waals surface area contributed by atoms with Crippen LogP contribution in [0, 0.1) is 0 Å². The van der Waals surface area contributed by atoms with Crippen LogP contribution >= 0.6 is 12.6 Å². The SMILES string of the molecule is CN1C(=O)CCC2(C)c3ccc(S)cc3CCC12. The van der Waals surface area contributed by atoms with Gasteiger partial charge < -0.3 is 4.90 Å². The highest BCUT2D eigenvalue weighted by Crippen LogP contribution is 2.45. The van der Waals surface area contributed by atoms with Crippen molar-refractivity contribution in [3.63, 3.8) is 0 Å². The summed E-state index contributed by atoms with van der Waals surface area (Å²) in [7, 11) is 1.96. The molecule has 0 spiro atoms. The number of piperidine rings is 1. The minimum Gasteiger partial charge on any atom is -0.342 e. The van der Waals surface area contributed by atoms with Crippen LogP contribution in [-0.2, 0) is 16.6 Å². The van der Waals surface area contributed by atoms with Gasteiger partial charge in [-0.15, -0.1) is 12.6 Å². The predicted octanol–water partition coefficient (Wildman–Crippen LogP) is 2.80. The zero-order valence-electron chi connectivity index (χ0n) is 10.9. The summed E-state index contributed by atoms with van der Waals surface area (Å²) in [5.41, 5.74) is 2.97. The molecule has 2 atom stereocenters. The van der Waals surface area contributed by atoms with Gasteiger partial charge in [-0.1, -0.05) is 13.0 Å². The molecule has 1 aliphatic carbocycles. The average molecular weight is 261 g/mol. The number of nitrogens with zero attached hydrogens (tertiary/aromatic N) is 1. The number of aryl methyl sites for hydroxylation is 1. The van der Waals surface area contributed by atoms with Gasteiger partial charge in [-0.3, -0.25) is 4.79 Å². The molecule has 18 heavy (non-hydrogen) atoms. The van der Waals surface area contributed by atoms with E-state index in [0.29, 0.717) is 18.4 Å². The first kappa shape index (κ1) is 12.1. The van der Waals surface area contributed by atoms with Gasteiger partial charge in [0.2, 0.25) is 5.91 Å². The molecule has 2 unspecified atom stereocenters.